The number of benzene rings is 2. The fourth-order valence-corrected chi connectivity index (χ4v) is 2.67. The summed E-state index contributed by atoms with van der Waals surface area (Å²) in [6.07, 6.45) is -0.0336. The van der Waals surface area contributed by atoms with Gasteiger partial charge in [-0.15, -0.1) is 0 Å². The van der Waals surface area contributed by atoms with Crippen LogP contribution in [0.4, 0.5) is 0 Å². The quantitative estimate of drug-likeness (QED) is 0.678. The predicted octanol–water partition coefficient (Wildman–Crippen LogP) is 4.61. The molecule has 6 heteroatoms. The second-order valence-corrected chi connectivity index (χ2v) is 6.72. The highest BCUT2D eigenvalue weighted by molar-refractivity contribution is 6.32. The lowest BCUT2D eigenvalue weighted by Gasteiger charge is -2.18. The molecular formula is C21H26ClNO4. The lowest BCUT2D eigenvalue weighted by molar-refractivity contribution is -0.128. The summed E-state index contributed by atoms with van der Waals surface area (Å²) in [6, 6.07) is 12.7. The Hall–Kier alpha value is -2.40. The molecule has 1 amide bonds. The van der Waals surface area contributed by atoms with Crippen LogP contribution in [0.25, 0.3) is 0 Å². The summed E-state index contributed by atoms with van der Waals surface area (Å²) < 4.78 is 16.8. The number of hydrogen-bond donors (Lipinski definition) is 1. The monoisotopic (exact) mass is 391 g/mol. The number of ether oxygens (including phenoxy) is 3. The fraction of sp³-hybridized carbons (Fsp3) is 0.381. The van der Waals surface area contributed by atoms with Crippen molar-refractivity contribution in [3.8, 4) is 17.2 Å². The molecule has 2 aromatic carbocycles. The van der Waals surface area contributed by atoms with E-state index < -0.39 is 6.10 Å². The van der Waals surface area contributed by atoms with Gasteiger partial charge >= 0.3 is 0 Å². The van der Waals surface area contributed by atoms with Crippen LogP contribution in [0, 0.1) is 0 Å². The van der Waals surface area contributed by atoms with Crippen molar-refractivity contribution in [1.82, 2.24) is 5.32 Å². The molecule has 0 saturated heterocycles. The Labute approximate surface area is 165 Å². The Morgan fingerprint density at radius 1 is 1.07 bits per heavy atom. The number of hydrogen-bond acceptors (Lipinski definition) is 4. The van der Waals surface area contributed by atoms with E-state index in [0.717, 1.165) is 5.56 Å². The molecule has 0 aliphatic heterocycles. The van der Waals surface area contributed by atoms with Crippen LogP contribution in [-0.2, 0) is 11.3 Å². The molecular weight excluding hydrogens is 366 g/mol. The third kappa shape index (κ3) is 6.07. The van der Waals surface area contributed by atoms with Crippen LogP contribution in [0.1, 0.15) is 32.8 Å². The standard InChI is InChI=1S/C21H26ClNO4/c1-5-17(27-18-9-7-6-8-16(18)22)21(24)23-13-15-10-11-19(26-14(2)3)20(12-15)25-4/h6-12,14,17H,5,13H2,1-4H3,(H,23,24)/t17-/m0/s1. The largest absolute Gasteiger partial charge is 0.493 e. The van der Waals surface area contributed by atoms with E-state index in [1.165, 1.54) is 0 Å². The molecule has 0 radical (unpaired) electrons. The summed E-state index contributed by atoms with van der Waals surface area (Å²) in [6.45, 7) is 6.16. The molecule has 1 atom stereocenters. The van der Waals surface area contributed by atoms with Gasteiger partial charge in [0.1, 0.15) is 5.75 Å². The maximum absolute atomic E-state index is 12.5. The number of methoxy groups -OCH3 is 1. The highest BCUT2D eigenvalue weighted by atomic mass is 35.5. The van der Waals surface area contributed by atoms with Crippen molar-refractivity contribution in [2.45, 2.75) is 45.9 Å². The molecule has 0 bridgehead atoms. The highest BCUT2D eigenvalue weighted by Gasteiger charge is 2.19. The van der Waals surface area contributed by atoms with Crippen molar-refractivity contribution in [3.63, 3.8) is 0 Å². The van der Waals surface area contributed by atoms with Crippen LogP contribution in [0.5, 0.6) is 17.2 Å². The van der Waals surface area contributed by atoms with E-state index in [9.17, 15) is 4.79 Å². The Balaban J connectivity index is 2.00. The number of para-hydroxylation sites is 1. The first kappa shape index (κ1) is 20.9. The van der Waals surface area contributed by atoms with Crippen molar-refractivity contribution in [2.24, 2.45) is 0 Å². The van der Waals surface area contributed by atoms with Gasteiger partial charge in [0.25, 0.3) is 5.91 Å². The maximum Gasteiger partial charge on any atom is 0.261 e. The Kier molecular flexibility index (Phi) is 7.80. The molecule has 0 aromatic heterocycles. The topological polar surface area (TPSA) is 56.8 Å². The van der Waals surface area contributed by atoms with Gasteiger partial charge in [0.2, 0.25) is 0 Å². The molecule has 1 N–H and O–H groups in total. The van der Waals surface area contributed by atoms with Crippen LogP contribution in [0.3, 0.4) is 0 Å². The first-order chi connectivity index (χ1) is 12.9. The number of rotatable bonds is 9. The van der Waals surface area contributed by atoms with Gasteiger partial charge in [-0.3, -0.25) is 4.79 Å². The number of nitrogens with one attached hydrogen (secondary N) is 1. The highest BCUT2D eigenvalue weighted by Crippen LogP contribution is 2.29. The zero-order valence-corrected chi connectivity index (χ0v) is 16.9. The predicted molar refractivity (Wildman–Crippen MR) is 107 cm³/mol. The first-order valence-electron chi connectivity index (χ1n) is 8.97. The van der Waals surface area contributed by atoms with Gasteiger partial charge < -0.3 is 19.5 Å². The van der Waals surface area contributed by atoms with Crippen LogP contribution in [-0.4, -0.2) is 25.2 Å². The van der Waals surface area contributed by atoms with Gasteiger partial charge in [-0.1, -0.05) is 36.7 Å². The minimum Gasteiger partial charge on any atom is -0.493 e. The number of carbonyl (C=O) groups is 1. The molecule has 0 spiro atoms. The van der Waals surface area contributed by atoms with Crippen LogP contribution >= 0.6 is 11.6 Å². The van der Waals surface area contributed by atoms with E-state index in [0.29, 0.717) is 35.2 Å². The van der Waals surface area contributed by atoms with E-state index in [4.69, 9.17) is 25.8 Å². The molecule has 2 rings (SSSR count). The average molecular weight is 392 g/mol. The minimum absolute atomic E-state index is 0.0525. The van der Waals surface area contributed by atoms with Crippen LogP contribution in [0.2, 0.25) is 5.02 Å². The summed E-state index contributed by atoms with van der Waals surface area (Å²) in [4.78, 5) is 12.5. The van der Waals surface area contributed by atoms with Gasteiger partial charge in [0.15, 0.2) is 17.6 Å². The molecule has 0 saturated carbocycles. The van der Waals surface area contributed by atoms with Crippen molar-refractivity contribution in [1.29, 1.82) is 0 Å². The third-order valence-corrected chi connectivity index (χ3v) is 4.14. The first-order valence-corrected chi connectivity index (χ1v) is 9.34. The van der Waals surface area contributed by atoms with Crippen molar-refractivity contribution < 1.29 is 19.0 Å². The molecule has 0 fully saturated rings. The van der Waals surface area contributed by atoms with Crippen LogP contribution < -0.4 is 19.5 Å². The SMILES string of the molecule is CC[C@H](Oc1ccccc1Cl)C(=O)NCc1ccc(OC(C)C)c(OC)c1. The van der Waals surface area contributed by atoms with E-state index >= 15 is 0 Å². The third-order valence-electron chi connectivity index (χ3n) is 3.83. The molecule has 146 valence electrons. The molecule has 5 nitrogen and oxygen atoms in total. The molecule has 0 unspecified atom stereocenters. The zero-order chi connectivity index (χ0) is 19.8. The second kappa shape index (κ2) is 10.1. The van der Waals surface area contributed by atoms with Crippen LogP contribution in [0.15, 0.2) is 42.5 Å². The van der Waals surface area contributed by atoms with Gasteiger partial charge in [0, 0.05) is 6.54 Å². The van der Waals surface area contributed by atoms with E-state index in [2.05, 4.69) is 5.32 Å². The van der Waals surface area contributed by atoms with Gasteiger partial charge in [-0.05, 0) is 50.1 Å². The summed E-state index contributed by atoms with van der Waals surface area (Å²) in [5, 5.41) is 3.38. The van der Waals surface area contributed by atoms with Gasteiger partial charge in [0.05, 0.1) is 18.2 Å². The van der Waals surface area contributed by atoms with Crippen molar-refractivity contribution >= 4 is 17.5 Å². The number of amides is 1. The molecule has 27 heavy (non-hydrogen) atoms. The van der Waals surface area contributed by atoms with Gasteiger partial charge in [-0.2, -0.15) is 0 Å². The minimum atomic E-state index is -0.615. The molecule has 0 heterocycles. The Morgan fingerprint density at radius 2 is 1.81 bits per heavy atom. The van der Waals surface area contributed by atoms with E-state index in [-0.39, 0.29) is 12.0 Å². The Morgan fingerprint density at radius 3 is 2.44 bits per heavy atom. The summed E-state index contributed by atoms with van der Waals surface area (Å²) in [7, 11) is 1.59. The lowest BCUT2D eigenvalue weighted by atomic mass is 10.2. The van der Waals surface area contributed by atoms with Crippen molar-refractivity contribution in [2.75, 3.05) is 7.11 Å². The molecule has 2 aromatic rings. The number of halogens is 1. The van der Waals surface area contributed by atoms with Gasteiger partial charge in [-0.25, -0.2) is 0 Å². The average Bonchev–Trinajstić information content (AvgIpc) is 2.65. The Bertz CT molecular complexity index is 764. The molecule has 0 aliphatic rings. The maximum atomic E-state index is 12.5. The fourth-order valence-electron chi connectivity index (χ4n) is 2.49. The van der Waals surface area contributed by atoms with E-state index in [1.807, 2.05) is 51.1 Å². The summed E-state index contributed by atoms with van der Waals surface area (Å²) in [5.41, 5.74) is 0.906. The smallest absolute Gasteiger partial charge is 0.261 e. The normalized spacial score (nSPS) is 11.8. The zero-order valence-electron chi connectivity index (χ0n) is 16.1. The summed E-state index contributed by atoms with van der Waals surface area (Å²) in [5.74, 6) is 1.61. The number of carbonyl (C=O) groups excluding carboxylic acids is 1. The van der Waals surface area contributed by atoms with Crippen molar-refractivity contribution in [3.05, 3.63) is 53.1 Å². The summed E-state index contributed by atoms with van der Waals surface area (Å²) >= 11 is 6.10. The second-order valence-electron chi connectivity index (χ2n) is 6.31. The molecule has 0 aliphatic carbocycles. The van der Waals surface area contributed by atoms with E-state index in [1.54, 1.807) is 19.2 Å². The lowest BCUT2D eigenvalue weighted by Crippen LogP contribution is -2.37.